The number of carbonyl (C=O) groups excluding carboxylic acids is 1. The second-order valence-corrected chi connectivity index (χ2v) is 10.8. The normalized spacial score (nSPS) is 13.8. The van der Waals surface area contributed by atoms with Crippen LogP contribution in [0.15, 0.2) is 97.1 Å². The maximum absolute atomic E-state index is 12.8. The molecule has 2 atom stereocenters. The van der Waals surface area contributed by atoms with Crippen molar-refractivity contribution < 1.29 is 14.6 Å². The Hall–Kier alpha value is -4.06. The van der Waals surface area contributed by atoms with Gasteiger partial charge in [0.25, 0.3) is 0 Å². The van der Waals surface area contributed by atoms with Crippen molar-refractivity contribution in [1.29, 1.82) is 0 Å². The van der Waals surface area contributed by atoms with E-state index in [4.69, 9.17) is 9.72 Å². The molecule has 0 amide bonds. The lowest BCUT2D eigenvalue weighted by atomic mass is 9.72. The van der Waals surface area contributed by atoms with Crippen LogP contribution in [0.5, 0.6) is 5.88 Å². The number of methoxy groups -OCH3 is 1. The lowest BCUT2D eigenvalue weighted by molar-refractivity contribution is 0.000844. The summed E-state index contributed by atoms with van der Waals surface area (Å²) >= 11 is 0. The van der Waals surface area contributed by atoms with Crippen LogP contribution in [-0.2, 0) is 6.42 Å². The third-order valence-electron chi connectivity index (χ3n) is 7.84. The summed E-state index contributed by atoms with van der Waals surface area (Å²) in [7, 11) is 5.68. The van der Waals surface area contributed by atoms with Crippen LogP contribution in [0.4, 0.5) is 0 Å². The highest BCUT2D eigenvalue weighted by atomic mass is 16.5. The minimum Gasteiger partial charge on any atom is -0.481 e. The minimum absolute atomic E-state index is 0.407. The number of benzene rings is 4. The molecule has 0 saturated heterocycles. The fourth-order valence-electron chi connectivity index (χ4n) is 5.75. The highest BCUT2D eigenvalue weighted by Gasteiger charge is 2.40. The van der Waals surface area contributed by atoms with Gasteiger partial charge in [0.05, 0.1) is 18.2 Å². The van der Waals surface area contributed by atoms with Crippen LogP contribution in [0.1, 0.15) is 45.8 Å². The molecule has 5 aromatic rings. The number of rotatable bonds is 11. The summed E-state index contributed by atoms with van der Waals surface area (Å²) in [5.41, 5.74) is 3.22. The van der Waals surface area contributed by atoms with Gasteiger partial charge < -0.3 is 14.7 Å². The van der Waals surface area contributed by atoms with E-state index in [9.17, 15) is 9.90 Å². The Balaban J connectivity index is 1.66. The van der Waals surface area contributed by atoms with Gasteiger partial charge in [-0.15, -0.1) is 0 Å². The quantitative estimate of drug-likeness (QED) is 0.193. The molecule has 5 nitrogen and oxygen atoms in total. The van der Waals surface area contributed by atoms with E-state index in [0.717, 1.165) is 28.3 Å². The van der Waals surface area contributed by atoms with Crippen LogP contribution in [0.3, 0.4) is 0 Å². The van der Waals surface area contributed by atoms with Gasteiger partial charge in [0.1, 0.15) is 6.29 Å². The number of pyridine rings is 1. The molecule has 4 aromatic carbocycles. The largest absolute Gasteiger partial charge is 0.481 e. The molecule has 0 spiro atoms. The summed E-state index contributed by atoms with van der Waals surface area (Å²) in [6, 6.07) is 32.4. The van der Waals surface area contributed by atoms with E-state index >= 15 is 0 Å². The van der Waals surface area contributed by atoms with Crippen molar-refractivity contribution in [2.45, 2.75) is 30.8 Å². The van der Waals surface area contributed by atoms with Crippen LogP contribution in [0, 0.1) is 0 Å². The highest BCUT2D eigenvalue weighted by Crippen LogP contribution is 2.44. The third kappa shape index (κ3) is 5.76. The third-order valence-corrected chi connectivity index (χ3v) is 7.84. The van der Waals surface area contributed by atoms with Crippen LogP contribution in [-0.4, -0.2) is 54.6 Å². The van der Waals surface area contributed by atoms with Gasteiger partial charge in [0, 0.05) is 29.0 Å². The number of ether oxygens (including phenoxy) is 1. The molecule has 0 aliphatic heterocycles. The van der Waals surface area contributed by atoms with Gasteiger partial charge in [-0.3, -0.25) is 4.79 Å². The average Bonchev–Trinajstić information content (AvgIpc) is 2.99. The second kappa shape index (κ2) is 12.0. The van der Waals surface area contributed by atoms with Gasteiger partial charge in [0.2, 0.25) is 5.88 Å². The molecule has 1 aromatic heterocycles. The maximum atomic E-state index is 12.8. The number of hydrogen-bond donors (Lipinski definition) is 1. The van der Waals surface area contributed by atoms with Crippen molar-refractivity contribution in [3.8, 4) is 5.88 Å². The summed E-state index contributed by atoms with van der Waals surface area (Å²) in [5, 5.41) is 16.0. The molecule has 5 rings (SSSR count). The lowest BCUT2D eigenvalue weighted by Gasteiger charge is -2.38. The van der Waals surface area contributed by atoms with Gasteiger partial charge >= 0.3 is 0 Å². The molecule has 1 N–H and O–H groups in total. The molecule has 0 aliphatic rings. The van der Waals surface area contributed by atoms with Crippen molar-refractivity contribution in [3.63, 3.8) is 0 Å². The Morgan fingerprint density at radius 3 is 2.40 bits per heavy atom. The molecule has 0 saturated carbocycles. The van der Waals surface area contributed by atoms with Crippen LogP contribution in [0.2, 0.25) is 0 Å². The van der Waals surface area contributed by atoms with E-state index in [1.807, 2.05) is 50.5 Å². The molecule has 0 bridgehead atoms. The van der Waals surface area contributed by atoms with E-state index < -0.39 is 11.5 Å². The SMILES string of the molecule is COc1nc2ccc(C=O)cc2cc1C(c1ccccc1)C(O)(CCc1cccc2ccccc12)CCN(C)C. The number of aryl methyl sites for hydroxylation is 1. The van der Waals surface area contributed by atoms with Crippen molar-refractivity contribution >= 4 is 28.0 Å². The summed E-state index contributed by atoms with van der Waals surface area (Å²) in [6.07, 6.45) is 2.66. The number of nitrogens with zero attached hydrogens (tertiary/aromatic N) is 2. The molecule has 0 fully saturated rings. The molecule has 1 heterocycles. The molecule has 5 heteroatoms. The molecule has 0 aliphatic carbocycles. The first-order chi connectivity index (χ1) is 19.4. The topological polar surface area (TPSA) is 62.7 Å². The van der Waals surface area contributed by atoms with E-state index in [1.54, 1.807) is 13.2 Å². The number of aldehydes is 1. The number of hydrogen-bond acceptors (Lipinski definition) is 5. The predicted molar refractivity (Wildman–Crippen MR) is 162 cm³/mol. The molecular formula is C35H36N2O3. The summed E-state index contributed by atoms with van der Waals surface area (Å²) in [6.45, 7) is 0.716. The standard InChI is InChI=1S/C35H36N2O3/c1-37(2)21-20-35(39,19-18-27-14-9-13-26-10-7-8-15-30(26)27)33(28-11-5-4-6-12-28)31-23-29-22-25(24-38)16-17-32(29)36-34(31)40-3/h4-17,22-24,33,39H,18-21H2,1-3H3. The number of aliphatic hydroxyl groups is 1. The van der Waals surface area contributed by atoms with Crippen LogP contribution >= 0.6 is 0 Å². The Morgan fingerprint density at radius 2 is 1.65 bits per heavy atom. The van der Waals surface area contributed by atoms with Gasteiger partial charge in [-0.2, -0.15) is 0 Å². The molecule has 204 valence electrons. The van der Waals surface area contributed by atoms with E-state index in [-0.39, 0.29) is 0 Å². The number of carbonyl (C=O) groups is 1. The van der Waals surface area contributed by atoms with Crippen molar-refractivity contribution in [2.24, 2.45) is 0 Å². The fourth-order valence-corrected chi connectivity index (χ4v) is 5.75. The number of fused-ring (bicyclic) bond motifs is 2. The molecule has 0 radical (unpaired) electrons. The van der Waals surface area contributed by atoms with E-state index in [1.165, 1.54) is 16.3 Å². The maximum Gasteiger partial charge on any atom is 0.217 e. The first-order valence-corrected chi connectivity index (χ1v) is 13.7. The van der Waals surface area contributed by atoms with Crippen molar-refractivity contribution in [2.75, 3.05) is 27.7 Å². The predicted octanol–water partition coefficient (Wildman–Crippen LogP) is 6.66. The zero-order chi connectivity index (χ0) is 28.1. The summed E-state index contributed by atoms with van der Waals surface area (Å²) < 4.78 is 5.85. The monoisotopic (exact) mass is 532 g/mol. The summed E-state index contributed by atoms with van der Waals surface area (Å²) in [4.78, 5) is 18.5. The van der Waals surface area contributed by atoms with Crippen molar-refractivity contribution in [3.05, 3.63) is 119 Å². The second-order valence-electron chi connectivity index (χ2n) is 10.8. The van der Waals surface area contributed by atoms with Crippen molar-refractivity contribution in [1.82, 2.24) is 9.88 Å². The van der Waals surface area contributed by atoms with Gasteiger partial charge in [-0.25, -0.2) is 4.98 Å². The smallest absolute Gasteiger partial charge is 0.217 e. The molecule has 40 heavy (non-hydrogen) atoms. The first kappa shape index (κ1) is 27.5. The summed E-state index contributed by atoms with van der Waals surface area (Å²) in [5.74, 6) is 0.0732. The van der Waals surface area contributed by atoms with E-state index in [0.29, 0.717) is 37.3 Å². The zero-order valence-corrected chi connectivity index (χ0v) is 23.4. The Kier molecular flexibility index (Phi) is 8.24. The first-order valence-electron chi connectivity index (χ1n) is 13.7. The fraction of sp³-hybridized carbons (Fsp3) is 0.257. The Morgan fingerprint density at radius 1 is 0.900 bits per heavy atom. The lowest BCUT2D eigenvalue weighted by Crippen LogP contribution is -2.40. The average molecular weight is 533 g/mol. The van der Waals surface area contributed by atoms with E-state index in [2.05, 4.69) is 59.5 Å². The number of aromatic nitrogens is 1. The molecule has 2 unspecified atom stereocenters. The van der Waals surface area contributed by atoms with Gasteiger partial charge in [-0.1, -0.05) is 72.8 Å². The zero-order valence-electron chi connectivity index (χ0n) is 23.4. The minimum atomic E-state index is -1.12. The van der Waals surface area contributed by atoms with Gasteiger partial charge in [-0.05, 0) is 79.5 Å². The molecular weight excluding hydrogens is 496 g/mol. The Bertz CT molecular complexity index is 1610. The van der Waals surface area contributed by atoms with Gasteiger partial charge in [0.15, 0.2) is 0 Å². The van der Waals surface area contributed by atoms with Crippen LogP contribution < -0.4 is 4.74 Å². The Labute approximate surface area is 236 Å². The highest BCUT2D eigenvalue weighted by molar-refractivity contribution is 5.88. The van der Waals surface area contributed by atoms with Crippen LogP contribution in [0.25, 0.3) is 21.7 Å².